The molecule has 0 spiro atoms. The SMILES string of the molecule is Clc1ccc(C=CC=Nc2ccc3oc(-c4ccc(Br)cc4)nc3c2)c(Cl)c1. The van der Waals surface area contributed by atoms with E-state index in [0.717, 1.165) is 32.4 Å². The zero-order valence-electron chi connectivity index (χ0n) is 14.4. The van der Waals surface area contributed by atoms with E-state index in [-0.39, 0.29) is 0 Å². The fourth-order valence-electron chi connectivity index (χ4n) is 2.62. The summed E-state index contributed by atoms with van der Waals surface area (Å²) in [4.78, 5) is 9.01. The Bertz CT molecular complexity index is 1200. The van der Waals surface area contributed by atoms with Crippen LogP contribution in [-0.4, -0.2) is 11.2 Å². The van der Waals surface area contributed by atoms with E-state index in [1.807, 2.05) is 60.7 Å². The number of benzene rings is 3. The summed E-state index contributed by atoms with van der Waals surface area (Å²) in [7, 11) is 0. The molecule has 4 aromatic rings. The number of halogens is 3. The third kappa shape index (κ3) is 4.36. The van der Waals surface area contributed by atoms with Gasteiger partial charge in [0.15, 0.2) is 5.58 Å². The Morgan fingerprint density at radius 3 is 2.57 bits per heavy atom. The molecular formula is C22H13BrCl2N2O. The lowest BCUT2D eigenvalue weighted by atomic mass is 10.2. The second kappa shape index (κ2) is 8.31. The average Bonchev–Trinajstić information content (AvgIpc) is 3.10. The number of rotatable bonds is 4. The second-order valence-corrected chi connectivity index (χ2v) is 7.74. The van der Waals surface area contributed by atoms with Crippen molar-refractivity contribution in [3.8, 4) is 11.5 Å². The predicted octanol–water partition coefficient (Wildman–Crippen LogP) is 7.98. The van der Waals surface area contributed by atoms with Crippen molar-refractivity contribution in [2.24, 2.45) is 4.99 Å². The van der Waals surface area contributed by atoms with Gasteiger partial charge < -0.3 is 4.42 Å². The number of aromatic nitrogens is 1. The molecule has 0 unspecified atom stereocenters. The predicted molar refractivity (Wildman–Crippen MR) is 121 cm³/mol. The molecule has 0 atom stereocenters. The molecule has 0 aliphatic heterocycles. The molecule has 138 valence electrons. The summed E-state index contributed by atoms with van der Waals surface area (Å²) in [6.45, 7) is 0. The van der Waals surface area contributed by atoms with Crippen molar-refractivity contribution in [3.05, 3.63) is 86.8 Å². The van der Waals surface area contributed by atoms with E-state index in [4.69, 9.17) is 27.6 Å². The van der Waals surface area contributed by atoms with E-state index < -0.39 is 0 Å². The molecule has 0 aliphatic rings. The maximum absolute atomic E-state index is 6.15. The molecule has 0 fully saturated rings. The first-order chi connectivity index (χ1) is 13.6. The molecule has 0 bridgehead atoms. The van der Waals surface area contributed by atoms with Crippen LogP contribution in [0.1, 0.15) is 5.56 Å². The molecule has 6 heteroatoms. The van der Waals surface area contributed by atoms with Gasteiger partial charge in [0.05, 0.1) is 5.69 Å². The van der Waals surface area contributed by atoms with Gasteiger partial charge in [-0.3, -0.25) is 4.99 Å². The smallest absolute Gasteiger partial charge is 0.227 e. The zero-order chi connectivity index (χ0) is 19.5. The van der Waals surface area contributed by atoms with Gasteiger partial charge in [-0.05, 0) is 66.2 Å². The van der Waals surface area contributed by atoms with Gasteiger partial charge in [0.2, 0.25) is 5.89 Å². The van der Waals surface area contributed by atoms with Crippen LogP contribution in [0.3, 0.4) is 0 Å². The van der Waals surface area contributed by atoms with Crippen molar-refractivity contribution < 1.29 is 4.42 Å². The van der Waals surface area contributed by atoms with Crippen molar-refractivity contribution in [3.63, 3.8) is 0 Å². The highest BCUT2D eigenvalue weighted by molar-refractivity contribution is 9.10. The lowest BCUT2D eigenvalue weighted by molar-refractivity contribution is 0.620. The van der Waals surface area contributed by atoms with Crippen LogP contribution >= 0.6 is 39.1 Å². The summed E-state index contributed by atoms with van der Waals surface area (Å²) in [6.07, 6.45) is 5.42. The molecular weight excluding hydrogens is 459 g/mol. The summed E-state index contributed by atoms with van der Waals surface area (Å²) >= 11 is 15.5. The highest BCUT2D eigenvalue weighted by atomic mass is 79.9. The number of allylic oxidation sites excluding steroid dienone is 1. The largest absolute Gasteiger partial charge is 0.436 e. The van der Waals surface area contributed by atoms with Gasteiger partial charge in [-0.25, -0.2) is 4.98 Å². The minimum atomic E-state index is 0.584. The Balaban J connectivity index is 1.53. The molecule has 28 heavy (non-hydrogen) atoms. The van der Waals surface area contributed by atoms with Gasteiger partial charge in [-0.2, -0.15) is 0 Å². The lowest BCUT2D eigenvalue weighted by Gasteiger charge is -1.97. The highest BCUT2D eigenvalue weighted by Crippen LogP contribution is 2.28. The minimum Gasteiger partial charge on any atom is -0.436 e. The third-order valence-corrected chi connectivity index (χ3v) is 5.10. The van der Waals surface area contributed by atoms with E-state index in [1.165, 1.54) is 0 Å². The molecule has 0 N–H and O–H groups in total. The van der Waals surface area contributed by atoms with Crippen LogP contribution in [0.5, 0.6) is 0 Å². The van der Waals surface area contributed by atoms with Gasteiger partial charge in [0.1, 0.15) is 5.52 Å². The Morgan fingerprint density at radius 2 is 1.79 bits per heavy atom. The van der Waals surface area contributed by atoms with Crippen molar-refractivity contribution in [2.45, 2.75) is 0 Å². The van der Waals surface area contributed by atoms with Crippen molar-refractivity contribution in [2.75, 3.05) is 0 Å². The van der Waals surface area contributed by atoms with Gasteiger partial charge in [-0.15, -0.1) is 0 Å². The van der Waals surface area contributed by atoms with E-state index in [9.17, 15) is 0 Å². The van der Waals surface area contributed by atoms with Crippen LogP contribution < -0.4 is 0 Å². The molecule has 0 saturated heterocycles. The Morgan fingerprint density at radius 1 is 0.964 bits per heavy atom. The van der Waals surface area contributed by atoms with E-state index >= 15 is 0 Å². The molecule has 0 saturated carbocycles. The molecule has 0 radical (unpaired) electrons. The second-order valence-electron chi connectivity index (χ2n) is 5.98. The van der Waals surface area contributed by atoms with E-state index in [1.54, 1.807) is 18.3 Å². The first kappa shape index (κ1) is 18.9. The molecule has 3 nitrogen and oxygen atoms in total. The fourth-order valence-corrected chi connectivity index (χ4v) is 3.36. The maximum Gasteiger partial charge on any atom is 0.227 e. The van der Waals surface area contributed by atoms with Crippen molar-refractivity contribution >= 4 is 68.2 Å². The van der Waals surface area contributed by atoms with Crippen LogP contribution in [0.4, 0.5) is 5.69 Å². The molecule has 1 heterocycles. The molecule has 0 aliphatic carbocycles. The zero-order valence-corrected chi connectivity index (χ0v) is 17.5. The summed E-state index contributed by atoms with van der Waals surface area (Å²) in [5.41, 5.74) is 4.07. The minimum absolute atomic E-state index is 0.584. The summed E-state index contributed by atoms with van der Waals surface area (Å²) < 4.78 is 6.85. The van der Waals surface area contributed by atoms with Crippen LogP contribution in [0.15, 0.2) is 80.6 Å². The van der Waals surface area contributed by atoms with Gasteiger partial charge in [0.25, 0.3) is 0 Å². The van der Waals surface area contributed by atoms with Crippen LogP contribution in [0, 0.1) is 0 Å². The number of aliphatic imine (C=N–C) groups is 1. The first-order valence-corrected chi connectivity index (χ1v) is 9.96. The number of hydrogen-bond donors (Lipinski definition) is 0. The first-order valence-electron chi connectivity index (χ1n) is 8.41. The standard InChI is InChI=1S/C22H13BrCl2N2O/c23-16-6-3-15(4-7-16)22-27-20-13-18(9-10-21(20)28-22)26-11-1-2-14-5-8-17(24)12-19(14)25/h1-13H. The van der Waals surface area contributed by atoms with Crippen molar-refractivity contribution in [1.82, 2.24) is 4.98 Å². The van der Waals surface area contributed by atoms with Crippen LogP contribution in [0.25, 0.3) is 28.6 Å². The number of fused-ring (bicyclic) bond motifs is 1. The highest BCUT2D eigenvalue weighted by Gasteiger charge is 2.08. The molecule has 1 aromatic heterocycles. The quantitative estimate of drug-likeness (QED) is 0.283. The van der Waals surface area contributed by atoms with Crippen molar-refractivity contribution in [1.29, 1.82) is 0 Å². The fraction of sp³-hybridized carbons (Fsp3) is 0. The Hall–Kier alpha value is -2.40. The summed E-state index contributed by atoms with van der Waals surface area (Å²) in [5, 5.41) is 1.21. The number of hydrogen-bond acceptors (Lipinski definition) is 3. The van der Waals surface area contributed by atoms with Gasteiger partial charge in [-0.1, -0.05) is 51.3 Å². The van der Waals surface area contributed by atoms with Gasteiger partial charge >= 0.3 is 0 Å². The Kier molecular flexibility index (Phi) is 5.62. The molecule has 0 amide bonds. The number of oxazole rings is 1. The average molecular weight is 472 g/mol. The Labute approximate surface area is 180 Å². The molecule has 4 rings (SSSR count). The summed E-state index contributed by atoms with van der Waals surface area (Å²) in [5.74, 6) is 0.584. The van der Waals surface area contributed by atoms with E-state index in [2.05, 4.69) is 25.9 Å². The summed E-state index contributed by atoms with van der Waals surface area (Å²) in [6, 6.07) is 18.9. The normalized spacial score (nSPS) is 11.8. The lowest BCUT2D eigenvalue weighted by Crippen LogP contribution is -1.76. The van der Waals surface area contributed by atoms with Gasteiger partial charge in [0, 0.05) is 26.3 Å². The maximum atomic E-state index is 6.15. The monoisotopic (exact) mass is 470 g/mol. The van der Waals surface area contributed by atoms with Crippen LogP contribution in [-0.2, 0) is 0 Å². The van der Waals surface area contributed by atoms with E-state index in [0.29, 0.717) is 15.9 Å². The number of nitrogens with zero attached hydrogens (tertiary/aromatic N) is 2. The molecule has 3 aromatic carbocycles. The van der Waals surface area contributed by atoms with Crippen LogP contribution in [0.2, 0.25) is 10.0 Å². The topological polar surface area (TPSA) is 38.4 Å². The third-order valence-electron chi connectivity index (χ3n) is 4.01.